The summed E-state index contributed by atoms with van der Waals surface area (Å²) in [7, 11) is 1.58. The minimum absolute atomic E-state index is 0.210. The van der Waals surface area contributed by atoms with Gasteiger partial charge in [-0.25, -0.2) is 0 Å². The molecule has 0 aliphatic carbocycles. The van der Waals surface area contributed by atoms with Crippen LogP contribution in [0.1, 0.15) is 18.1 Å². The predicted octanol–water partition coefficient (Wildman–Crippen LogP) is 4.14. The number of nitrogens with one attached hydrogen (secondary N) is 1. The van der Waals surface area contributed by atoms with E-state index in [0.29, 0.717) is 11.5 Å². The zero-order valence-electron chi connectivity index (χ0n) is 14.3. The number of hydrogen-bond acceptors (Lipinski definition) is 3. The van der Waals surface area contributed by atoms with Crippen molar-refractivity contribution in [3.05, 3.63) is 66.2 Å². The van der Waals surface area contributed by atoms with Crippen LogP contribution in [0.5, 0.6) is 11.5 Å². The second-order valence-electron chi connectivity index (χ2n) is 5.60. The fourth-order valence-corrected chi connectivity index (χ4v) is 2.31. The highest BCUT2D eigenvalue weighted by molar-refractivity contribution is 5.94. The highest BCUT2D eigenvalue weighted by Crippen LogP contribution is 2.29. The van der Waals surface area contributed by atoms with Crippen molar-refractivity contribution in [2.24, 2.45) is 0 Å². The number of allylic oxidation sites excluding steroid dienone is 1. The summed E-state index contributed by atoms with van der Waals surface area (Å²) >= 11 is 0. The van der Waals surface area contributed by atoms with Crippen LogP contribution in [0.15, 0.2) is 55.1 Å². The van der Waals surface area contributed by atoms with Crippen LogP contribution in [-0.2, 0) is 11.2 Å². The number of methoxy groups -OCH3 is 1. The Morgan fingerprint density at radius 3 is 2.71 bits per heavy atom. The van der Waals surface area contributed by atoms with Gasteiger partial charge in [-0.15, -0.1) is 6.58 Å². The Hall–Kier alpha value is -2.75. The summed E-state index contributed by atoms with van der Waals surface area (Å²) in [5.41, 5.74) is 2.91. The number of carbonyl (C=O) groups excluding carboxylic acids is 1. The van der Waals surface area contributed by atoms with Gasteiger partial charge in [-0.1, -0.05) is 24.3 Å². The van der Waals surface area contributed by atoms with Crippen LogP contribution in [0.25, 0.3) is 0 Å². The first-order valence-electron chi connectivity index (χ1n) is 7.85. The summed E-state index contributed by atoms with van der Waals surface area (Å²) in [6.45, 7) is 7.41. The van der Waals surface area contributed by atoms with Crippen molar-refractivity contribution in [2.45, 2.75) is 26.4 Å². The average Bonchev–Trinajstić information content (AvgIpc) is 2.56. The van der Waals surface area contributed by atoms with Crippen LogP contribution >= 0.6 is 0 Å². The molecule has 0 heterocycles. The maximum absolute atomic E-state index is 12.3. The molecule has 1 amide bonds. The van der Waals surface area contributed by atoms with E-state index in [1.165, 1.54) is 0 Å². The number of carbonyl (C=O) groups is 1. The van der Waals surface area contributed by atoms with Gasteiger partial charge >= 0.3 is 0 Å². The van der Waals surface area contributed by atoms with E-state index in [0.717, 1.165) is 23.2 Å². The quantitative estimate of drug-likeness (QED) is 0.778. The zero-order valence-corrected chi connectivity index (χ0v) is 14.3. The highest BCUT2D eigenvalue weighted by atomic mass is 16.5. The first-order chi connectivity index (χ1) is 11.5. The molecule has 2 rings (SSSR count). The number of amides is 1. The Morgan fingerprint density at radius 1 is 1.25 bits per heavy atom. The third-order valence-corrected chi connectivity index (χ3v) is 3.57. The minimum atomic E-state index is -0.648. The minimum Gasteiger partial charge on any atom is -0.493 e. The van der Waals surface area contributed by atoms with Crippen molar-refractivity contribution in [2.75, 3.05) is 12.4 Å². The molecule has 4 heteroatoms. The van der Waals surface area contributed by atoms with Gasteiger partial charge in [0.25, 0.3) is 5.91 Å². The van der Waals surface area contributed by atoms with Crippen LogP contribution < -0.4 is 14.8 Å². The van der Waals surface area contributed by atoms with Crippen LogP contribution in [-0.4, -0.2) is 19.1 Å². The van der Waals surface area contributed by atoms with E-state index >= 15 is 0 Å². The van der Waals surface area contributed by atoms with Crippen molar-refractivity contribution in [1.82, 2.24) is 0 Å². The lowest BCUT2D eigenvalue weighted by atomic mass is 10.1. The van der Waals surface area contributed by atoms with Crippen molar-refractivity contribution in [3.63, 3.8) is 0 Å². The molecule has 0 saturated heterocycles. The highest BCUT2D eigenvalue weighted by Gasteiger charge is 2.17. The molecule has 2 aromatic carbocycles. The summed E-state index contributed by atoms with van der Waals surface area (Å²) in [5.74, 6) is 0.930. The Morgan fingerprint density at radius 2 is 2.04 bits per heavy atom. The molecule has 0 spiro atoms. The van der Waals surface area contributed by atoms with Gasteiger partial charge in [-0.05, 0) is 55.7 Å². The van der Waals surface area contributed by atoms with E-state index in [4.69, 9.17) is 9.47 Å². The van der Waals surface area contributed by atoms with Crippen molar-refractivity contribution in [1.29, 1.82) is 0 Å². The van der Waals surface area contributed by atoms with Crippen molar-refractivity contribution in [3.8, 4) is 11.5 Å². The molecule has 0 radical (unpaired) electrons. The van der Waals surface area contributed by atoms with Gasteiger partial charge in [-0.2, -0.15) is 0 Å². The van der Waals surface area contributed by atoms with Gasteiger partial charge in [-0.3, -0.25) is 4.79 Å². The lowest BCUT2D eigenvalue weighted by Crippen LogP contribution is -2.30. The molecule has 24 heavy (non-hydrogen) atoms. The third kappa shape index (κ3) is 4.62. The summed E-state index contributed by atoms with van der Waals surface area (Å²) in [6, 6.07) is 13.3. The molecule has 4 nitrogen and oxygen atoms in total. The zero-order chi connectivity index (χ0) is 17.5. The van der Waals surface area contributed by atoms with E-state index in [1.807, 2.05) is 55.5 Å². The van der Waals surface area contributed by atoms with Crippen LogP contribution in [0, 0.1) is 6.92 Å². The van der Waals surface area contributed by atoms with Crippen LogP contribution in [0.3, 0.4) is 0 Å². The van der Waals surface area contributed by atoms with E-state index in [9.17, 15) is 4.79 Å². The molecular weight excluding hydrogens is 302 g/mol. The summed E-state index contributed by atoms with van der Waals surface area (Å²) < 4.78 is 11.1. The topological polar surface area (TPSA) is 47.6 Å². The number of hydrogen-bond donors (Lipinski definition) is 1. The second kappa shape index (κ2) is 8.20. The van der Waals surface area contributed by atoms with Crippen molar-refractivity contribution < 1.29 is 14.3 Å². The fourth-order valence-electron chi connectivity index (χ4n) is 2.31. The summed E-state index contributed by atoms with van der Waals surface area (Å²) in [6.07, 6.45) is 1.93. The standard InChI is InChI=1S/C20H23NO3/c1-5-7-16-10-11-18(19(13-16)23-4)24-15(3)20(22)21-17-9-6-8-14(2)12-17/h5-6,8-13,15H,1,7H2,2-4H3,(H,21,22)/t15-/m0/s1. The van der Waals surface area contributed by atoms with E-state index in [1.54, 1.807) is 14.0 Å². The molecule has 1 N–H and O–H groups in total. The largest absolute Gasteiger partial charge is 0.493 e. The molecule has 0 saturated carbocycles. The molecule has 2 aromatic rings. The van der Waals surface area contributed by atoms with E-state index in [2.05, 4.69) is 11.9 Å². The monoisotopic (exact) mass is 325 g/mol. The molecular formula is C20H23NO3. The van der Waals surface area contributed by atoms with Gasteiger partial charge in [0.15, 0.2) is 17.6 Å². The predicted molar refractivity (Wildman–Crippen MR) is 96.8 cm³/mol. The number of anilines is 1. The van der Waals surface area contributed by atoms with Gasteiger partial charge in [0.1, 0.15) is 0 Å². The van der Waals surface area contributed by atoms with Gasteiger partial charge < -0.3 is 14.8 Å². The normalized spacial score (nSPS) is 11.5. The molecule has 126 valence electrons. The summed E-state index contributed by atoms with van der Waals surface area (Å²) in [5, 5.41) is 2.85. The molecule has 0 fully saturated rings. The molecule has 0 unspecified atom stereocenters. The molecule has 1 atom stereocenters. The second-order valence-corrected chi connectivity index (χ2v) is 5.60. The van der Waals surface area contributed by atoms with E-state index in [-0.39, 0.29) is 5.91 Å². The molecule has 0 aliphatic heterocycles. The Balaban J connectivity index is 2.06. The average molecular weight is 325 g/mol. The Labute approximate surface area is 143 Å². The lowest BCUT2D eigenvalue weighted by Gasteiger charge is -2.17. The SMILES string of the molecule is C=CCc1ccc(O[C@@H](C)C(=O)Nc2cccc(C)c2)c(OC)c1. The number of rotatable bonds is 7. The van der Waals surface area contributed by atoms with Crippen molar-refractivity contribution >= 4 is 11.6 Å². The maximum atomic E-state index is 12.3. The van der Waals surface area contributed by atoms with Gasteiger partial charge in [0.2, 0.25) is 0 Å². The number of ether oxygens (including phenoxy) is 2. The van der Waals surface area contributed by atoms with Crippen LogP contribution in [0.2, 0.25) is 0 Å². The van der Waals surface area contributed by atoms with Crippen LogP contribution in [0.4, 0.5) is 5.69 Å². The van der Waals surface area contributed by atoms with Gasteiger partial charge in [0.05, 0.1) is 7.11 Å². The Bertz CT molecular complexity index is 725. The maximum Gasteiger partial charge on any atom is 0.265 e. The molecule has 0 aliphatic rings. The molecule has 0 bridgehead atoms. The van der Waals surface area contributed by atoms with Gasteiger partial charge in [0, 0.05) is 5.69 Å². The number of benzene rings is 2. The first kappa shape index (κ1) is 17.6. The Kier molecular flexibility index (Phi) is 6.01. The smallest absolute Gasteiger partial charge is 0.265 e. The first-order valence-corrected chi connectivity index (χ1v) is 7.85. The third-order valence-electron chi connectivity index (χ3n) is 3.57. The number of aryl methyl sites for hydroxylation is 1. The molecule has 0 aromatic heterocycles. The fraction of sp³-hybridized carbons (Fsp3) is 0.250. The lowest BCUT2D eigenvalue weighted by molar-refractivity contribution is -0.122. The summed E-state index contributed by atoms with van der Waals surface area (Å²) in [4.78, 5) is 12.3. The van der Waals surface area contributed by atoms with E-state index < -0.39 is 6.10 Å².